The van der Waals surface area contributed by atoms with E-state index in [2.05, 4.69) is 0 Å². The van der Waals surface area contributed by atoms with Crippen LogP contribution in [-0.4, -0.2) is 31.8 Å². The van der Waals surface area contributed by atoms with E-state index in [1.54, 1.807) is 50.2 Å². The number of fused-ring (bicyclic) bond motifs is 1. The van der Waals surface area contributed by atoms with Crippen LogP contribution in [0.3, 0.4) is 0 Å². The third-order valence-corrected chi connectivity index (χ3v) is 8.19. The fourth-order valence-electron chi connectivity index (χ4n) is 3.93. The van der Waals surface area contributed by atoms with Crippen LogP contribution in [0.4, 0.5) is 0 Å². The van der Waals surface area contributed by atoms with Crippen molar-refractivity contribution in [3.63, 3.8) is 0 Å². The molecule has 0 unspecified atom stereocenters. The lowest BCUT2D eigenvalue weighted by Gasteiger charge is -2.18. The summed E-state index contributed by atoms with van der Waals surface area (Å²) < 4.78 is 38.5. The van der Waals surface area contributed by atoms with E-state index >= 15 is 0 Å². The Morgan fingerprint density at radius 2 is 1.53 bits per heavy atom. The van der Waals surface area contributed by atoms with Gasteiger partial charge in [-0.2, -0.15) is 4.31 Å². The third kappa shape index (κ3) is 4.69. The normalized spacial score (nSPS) is 11.7. The monoisotopic (exact) mass is 505 g/mol. The molecular formula is C28H27NO6S. The summed E-state index contributed by atoms with van der Waals surface area (Å²) >= 11 is 0. The molecule has 0 fully saturated rings. The quantitative estimate of drug-likeness (QED) is 0.315. The molecular weight excluding hydrogens is 478 g/mol. The number of carbonyl (C=O) groups excluding carboxylic acids is 1. The van der Waals surface area contributed by atoms with Gasteiger partial charge in [0.05, 0.1) is 15.8 Å². The van der Waals surface area contributed by atoms with Gasteiger partial charge in [-0.3, -0.25) is 4.79 Å². The first-order chi connectivity index (χ1) is 17.2. The van der Waals surface area contributed by atoms with E-state index in [1.165, 1.54) is 28.6 Å². The van der Waals surface area contributed by atoms with E-state index in [-0.39, 0.29) is 22.0 Å². The maximum atomic E-state index is 13.5. The van der Waals surface area contributed by atoms with Crippen LogP contribution in [0.1, 0.15) is 35.3 Å². The SMILES string of the molecule is CCN(CC)S(=O)(=O)c1ccc(C(=O)Oc2c(-c3ccccc3)oc3cc(C)c(C)cc3c2=O)cc1. The third-order valence-electron chi connectivity index (χ3n) is 6.13. The Hall–Kier alpha value is -3.75. The molecule has 0 aliphatic carbocycles. The van der Waals surface area contributed by atoms with Gasteiger partial charge in [-0.15, -0.1) is 0 Å². The Morgan fingerprint density at radius 1 is 0.917 bits per heavy atom. The van der Waals surface area contributed by atoms with Crippen LogP contribution in [0.25, 0.3) is 22.3 Å². The number of sulfonamides is 1. The van der Waals surface area contributed by atoms with Gasteiger partial charge < -0.3 is 9.15 Å². The van der Waals surface area contributed by atoms with E-state index in [9.17, 15) is 18.0 Å². The van der Waals surface area contributed by atoms with Crippen molar-refractivity contribution >= 4 is 27.0 Å². The lowest BCUT2D eigenvalue weighted by molar-refractivity contribution is 0.0731. The zero-order valence-electron chi connectivity index (χ0n) is 20.6. The zero-order chi connectivity index (χ0) is 26.0. The van der Waals surface area contributed by atoms with Gasteiger partial charge in [0.1, 0.15) is 5.58 Å². The Balaban J connectivity index is 1.76. The molecule has 0 aliphatic rings. The van der Waals surface area contributed by atoms with E-state index in [4.69, 9.17) is 9.15 Å². The second-order valence-corrected chi connectivity index (χ2v) is 10.3. The van der Waals surface area contributed by atoms with Crippen molar-refractivity contribution in [1.82, 2.24) is 4.31 Å². The molecule has 3 aromatic carbocycles. The number of hydrogen-bond donors (Lipinski definition) is 0. The lowest BCUT2D eigenvalue weighted by Crippen LogP contribution is -2.30. The molecule has 36 heavy (non-hydrogen) atoms. The Kier molecular flexibility index (Phi) is 7.10. The summed E-state index contributed by atoms with van der Waals surface area (Å²) in [6.07, 6.45) is 0. The molecule has 1 heterocycles. The van der Waals surface area contributed by atoms with E-state index in [1.807, 2.05) is 19.9 Å². The number of nitrogens with zero attached hydrogens (tertiary/aromatic N) is 1. The molecule has 0 N–H and O–H groups in total. The largest absolute Gasteiger partial charge is 0.452 e. The summed E-state index contributed by atoms with van der Waals surface area (Å²) in [4.78, 5) is 26.6. The number of hydrogen-bond acceptors (Lipinski definition) is 6. The van der Waals surface area contributed by atoms with Crippen molar-refractivity contribution in [2.75, 3.05) is 13.1 Å². The smallest absolute Gasteiger partial charge is 0.343 e. The number of ether oxygens (including phenoxy) is 1. The van der Waals surface area contributed by atoms with Crippen molar-refractivity contribution in [3.8, 4) is 17.1 Å². The molecule has 1 aromatic heterocycles. The van der Waals surface area contributed by atoms with Crippen molar-refractivity contribution < 1.29 is 22.4 Å². The maximum Gasteiger partial charge on any atom is 0.343 e. The van der Waals surface area contributed by atoms with Crippen LogP contribution >= 0.6 is 0 Å². The fraction of sp³-hybridized carbons (Fsp3) is 0.214. The van der Waals surface area contributed by atoms with E-state index in [0.717, 1.165) is 11.1 Å². The number of rotatable bonds is 7. The van der Waals surface area contributed by atoms with Gasteiger partial charge in [0.15, 0.2) is 5.76 Å². The van der Waals surface area contributed by atoms with Gasteiger partial charge in [0.25, 0.3) is 0 Å². The topological polar surface area (TPSA) is 93.9 Å². The van der Waals surface area contributed by atoms with Crippen LogP contribution in [0.5, 0.6) is 5.75 Å². The first-order valence-electron chi connectivity index (χ1n) is 11.6. The average molecular weight is 506 g/mol. The molecule has 7 nitrogen and oxygen atoms in total. The molecule has 0 saturated carbocycles. The predicted octanol–water partition coefficient (Wildman–Crippen LogP) is 5.33. The van der Waals surface area contributed by atoms with Crippen LogP contribution < -0.4 is 10.2 Å². The van der Waals surface area contributed by atoms with Crippen molar-refractivity contribution in [1.29, 1.82) is 0 Å². The minimum absolute atomic E-state index is 0.0730. The van der Waals surface area contributed by atoms with Crippen LogP contribution in [0.2, 0.25) is 0 Å². The molecule has 0 radical (unpaired) electrons. The first kappa shape index (κ1) is 25.3. The maximum absolute atomic E-state index is 13.5. The fourth-order valence-corrected chi connectivity index (χ4v) is 5.39. The number of esters is 1. The zero-order valence-corrected chi connectivity index (χ0v) is 21.4. The molecule has 0 saturated heterocycles. The molecule has 4 rings (SSSR count). The van der Waals surface area contributed by atoms with Crippen LogP contribution in [-0.2, 0) is 10.0 Å². The molecule has 0 amide bonds. The second kappa shape index (κ2) is 10.1. The molecule has 0 aliphatic heterocycles. The highest BCUT2D eigenvalue weighted by Crippen LogP contribution is 2.32. The highest BCUT2D eigenvalue weighted by Gasteiger charge is 2.24. The number of carbonyl (C=O) groups is 1. The molecule has 0 spiro atoms. The average Bonchev–Trinajstić information content (AvgIpc) is 2.88. The second-order valence-electron chi connectivity index (χ2n) is 8.39. The van der Waals surface area contributed by atoms with Crippen molar-refractivity contribution in [2.24, 2.45) is 0 Å². The summed E-state index contributed by atoms with van der Waals surface area (Å²) in [5, 5.41) is 0.307. The minimum atomic E-state index is -3.67. The lowest BCUT2D eigenvalue weighted by atomic mass is 10.0. The predicted molar refractivity (Wildman–Crippen MR) is 139 cm³/mol. The summed E-state index contributed by atoms with van der Waals surface area (Å²) in [6.45, 7) is 8.00. The Labute approximate surface area is 210 Å². The molecule has 186 valence electrons. The molecule has 4 aromatic rings. The van der Waals surface area contributed by atoms with Crippen LogP contribution in [0, 0.1) is 13.8 Å². The molecule has 8 heteroatoms. The van der Waals surface area contributed by atoms with Gasteiger partial charge in [0.2, 0.25) is 21.2 Å². The van der Waals surface area contributed by atoms with E-state index < -0.39 is 21.4 Å². The highest BCUT2D eigenvalue weighted by molar-refractivity contribution is 7.89. The summed E-state index contributed by atoms with van der Waals surface area (Å²) in [5.74, 6) is -0.873. The first-order valence-corrected chi connectivity index (χ1v) is 13.1. The van der Waals surface area contributed by atoms with Gasteiger partial charge >= 0.3 is 5.97 Å². The van der Waals surface area contributed by atoms with Crippen molar-refractivity contribution in [3.05, 3.63) is 93.6 Å². The van der Waals surface area contributed by atoms with Gasteiger partial charge in [-0.25, -0.2) is 13.2 Å². The highest BCUT2D eigenvalue weighted by atomic mass is 32.2. The van der Waals surface area contributed by atoms with Crippen LogP contribution in [0.15, 0.2) is 80.8 Å². The summed E-state index contributed by atoms with van der Waals surface area (Å²) in [5.41, 5.74) is 2.49. The number of benzene rings is 3. The standard InChI is InChI=1S/C28H27NO6S/c1-5-29(6-2)36(32,33)22-14-12-21(13-15-22)28(31)35-27-25(30)23-16-18(3)19(4)17-24(23)34-26(27)20-10-8-7-9-11-20/h7-17H,5-6H2,1-4H3. The summed E-state index contributed by atoms with van der Waals surface area (Å²) in [6, 6.07) is 17.9. The Bertz CT molecular complexity index is 1590. The van der Waals surface area contributed by atoms with Gasteiger partial charge in [-0.1, -0.05) is 44.2 Å². The van der Waals surface area contributed by atoms with Crippen molar-refractivity contribution in [2.45, 2.75) is 32.6 Å². The Morgan fingerprint density at radius 3 is 2.14 bits per heavy atom. The molecule has 0 atom stereocenters. The summed E-state index contributed by atoms with van der Waals surface area (Å²) in [7, 11) is -3.67. The van der Waals surface area contributed by atoms with Gasteiger partial charge in [0, 0.05) is 18.7 Å². The van der Waals surface area contributed by atoms with E-state index in [0.29, 0.717) is 29.6 Å². The molecule has 0 bridgehead atoms. The van der Waals surface area contributed by atoms with Gasteiger partial charge in [-0.05, 0) is 61.4 Å². The number of aryl methyl sites for hydroxylation is 2. The minimum Gasteiger partial charge on any atom is -0.452 e.